The van der Waals surface area contributed by atoms with Gasteiger partial charge in [-0.1, -0.05) is 24.3 Å². The van der Waals surface area contributed by atoms with Crippen molar-refractivity contribution in [2.45, 2.75) is 41.5 Å². The molecule has 0 unspecified atom stereocenters. The molecule has 3 heteroatoms. The molecule has 0 aliphatic heterocycles. The lowest BCUT2D eigenvalue weighted by Gasteiger charge is -2.17. The summed E-state index contributed by atoms with van der Waals surface area (Å²) in [7, 11) is 3.48. The molecule has 1 N–H and O–H groups in total. The maximum Gasteiger partial charge on any atom is 0.131 e. The van der Waals surface area contributed by atoms with Gasteiger partial charge in [-0.15, -0.1) is 8.86 Å². The maximum atomic E-state index is 14.6. The first kappa shape index (κ1) is 19.5. The van der Waals surface area contributed by atoms with Gasteiger partial charge >= 0.3 is 0 Å². The van der Waals surface area contributed by atoms with Gasteiger partial charge in [-0.2, -0.15) is 0 Å². The number of hydrogen-bond donors (Lipinski definition) is 1. The fourth-order valence-electron chi connectivity index (χ4n) is 2.76. The van der Waals surface area contributed by atoms with E-state index >= 15 is 0 Å². The van der Waals surface area contributed by atoms with Crippen LogP contribution < -0.4 is 5.32 Å². The summed E-state index contributed by atoms with van der Waals surface area (Å²) in [6.07, 6.45) is 6.13. The predicted octanol–water partition coefficient (Wildman–Crippen LogP) is 5.62. The molecule has 0 bridgehead atoms. The second-order valence-corrected chi connectivity index (χ2v) is 6.51. The molecule has 23 heavy (non-hydrogen) atoms. The summed E-state index contributed by atoms with van der Waals surface area (Å²) in [6, 6.07) is 3.63. The van der Waals surface area contributed by atoms with Gasteiger partial charge in [0.15, 0.2) is 0 Å². The highest BCUT2D eigenvalue weighted by Gasteiger charge is 2.14. The molecule has 0 fully saturated rings. The summed E-state index contributed by atoms with van der Waals surface area (Å²) >= 11 is 0. The van der Waals surface area contributed by atoms with Gasteiger partial charge in [-0.3, -0.25) is 5.32 Å². The topological polar surface area (TPSA) is 12.0 Å². The van der Waals surface area contributed by atoms with E-state index in [0.717, 1.165) is 33.3 Å². The van der Waals surface area contributed by atoms with Crippen LogP contribution >= 0.6 is 8.86 Å². The van der Waals surface area contributed by atoms with Crippen molar-refractivity contribution in [3.05, 3.63) is 64.0 Å². The molecule has 0 aromatic heterocycles. The van der Waals surface area contributed by atoms with Crippen molar-refractivity contribution < 1.29 is 4.39 Å². The standard InChI is InChI=1S/C20H27FNP/c1-7-9-17(8-2)18(12-22-16(6)23)15(5)20-14(4)10-13(3)11-19(20)21/h7-11,22-23H,12H2,1-6H3/b9-7-,17-8+,18-15-. The largest absolute Gasteiger partial charge is 0.285 e. The summed E-state index contributed by atoms with van der Waals surface area (Å²) in [6.45, 7) is 12.5. The van der Waals surface area contributed by atoms with Crippen LogP contribution in [0.15, 0.2) is 41.5 Å². The molecule has 0 radical (unpaired) electrons. The van der Waals surface area contributed by atoms with E-state index in [0.29, 0.717) is 12.1 Å². The van der Waals surface area contributed by atoms with E-state index in [1.807, 2.05) is 53.7 Å². The maximum absolute atomic E-state index is 14.6. The van der Waals surface area contributed by atoms with Crippen LogP contribution in [0.4, 0.5) is 4.39 Å². The first-order chi connectivity index (χ1) is 10.8. The van der Waals surface area contributed by atoms with Gasteiger partial charge in [0.1, 0.15) is 5.82 Å². The van der Waals surface area contributed by atoms with E-state index in [1.54, 1.807) is 6.07 Å². The van der Waals surface area contributed by atoms with Gasteiger partial charge in [-0.05, 0) is 75.5 Å². The van der Waals surface area contributed by atoms with Crippen molar-refractivity contribution >= 4 is 19.9 Å². The van der Waals surface area contributed by atoms with Crippen LogP contribution in [0.25, 0.3) is 5.57 Å². The Labute approximate surface area is 142 Å². The third-order valence-corrected chi connectivity index (χ3v) is 3.97. The van der Waals surface area contributed by atoms with Gasteiger partial charge in [-0.25, -0.2) is 4.39 Å². The van der Waals surface area contributed by atoms with Gasteiger partial charge in [0.25, 0.3) is 0 Å². The lowest BCUT2D eigenvalue weighted by atomic mass is 9.91. The fraction of sp³-hybridized carbons (Fsp3) is 0.350. The minimum Gasteiger partial charge on any atom is -0.285 e. The molecule has 0 aliphatic rings. The van der Waals surface area contributed by atoms with Crippen LogP contribution in [0.2, 0.25) is 0 Å². The number of halogens is 1. The van der Waals surface area contributed by atoms with Crippen molar-refractivity contribution in [2.75, 3.05) is 6.54 Å². The molecular formula is C20H27FNP. The Bertz CT molecular complexity index is 658. The third-order valence-electron chi connectivity index (χ3n) is 3.80. The fourth-order valence-corrected chi connectivity index (χ4v) is 2.85. The zero-order valence-electron chi connectivity index (χ0n) is 15.0. The molecule has 0 spiro atoms. The predicted molar refractivity (Wildman–Crippen MR) is 104 cm³/mol. The summed E-state index contributed by atoms with van der Waals surface area (Å²) in [5.41, 5.74) is 6.72. The second kappa shape index (κ2) is 8.96. The molecule has 0 amide bonds. The average Bonchev–Trinajstić information content (AvgIpc) is 2.44. The van der Waals surface area contributed by atoms with Gasteiger partial charge < -0.3 is 0 Å². The highest BCUT2D eigenvalue weighted by molar-refractivity contribution is 7.20. The van der Waals surface area contributed by atoms with Crippen LogP contribution in [0, 0.1) is 19.7 Å². The number of hydrogen-bond acceptors (Lipinski definition) is 0. The van der Waals surface area contributed by atoms with Gasteiger partial charge in [0.05, 0.1) is 0 Å². The van der Waals surface area contributed by atoms with Crippen molar-refractivity contribution in [1.29, 1.82) is 0 Å². The number of allylic oxidation sites excluding steroid dienone is 4. The van der Waals surface area contributed by atoms with Gasteiger partial charge in [0.2, 0.25) is 0 Å². The highest BCUT2D eigenvalue weighted by Crippen LogP contribution is 2.29. The first-order valence-electron chi connectivity index (χ1n) is 7.87. The Balaban J connectivity index is 3.54. The highest BCUT2D eigenvalue weighted by atomic mass is 31.0. The van der Waals surface area contributed by atoms with E-state index in [9.17, 15) is 4.39 Å². The monoisotopic (exact) mass is 331 g/mol. The van der Waals surface area contributed by atoms with Crippen molar-refractivity contribution in [3.63, 3.8) is 0 Å². The quantitative estimate of drug-likeness (QED) is 0.527. The molecule has 0 saturated carbocycles. The molecular weight excluding hydrogens is 304 g/mol. The van der Waals surface area contributed by atoms with Crippen molar-refractivity contribution in [3.8, 4) is 0 Å². The molecule has 0 atom stereocenters. The first-order valence-corrected chi connectivity index (χ1v) is 8.37. The van der Waals surface area contributed by atoms with E-state index in [1.165, 1.54) is 0 Å². The summed E-state index contributed by atoms with van der Waals surface area (Å²) < 4.78 is 14.6. The molecule has 0 saturated heterocycles. The van der Waals surface area contributed by atoms with E-state index < -0.39 is 0 Å². The number of aryl methyl sites for hydroxylation is 2. The zero-order valence-corrected chi connectivity index (χ0v) is 16.0. The molecule has 0 aliphatic carbocycles. The number of rotatable bonds is 6. The minimum atomic E-state index is -0.160. The lowest BCUT2D eigenvalue weighted by Crippen LogP contribution is -2.22. The molecule has 0 heterocycles. The van der Waals surface area contributed by atoms with Crippen LogP contribution in [0.1, 0.15) is 44.4 Å². The SMILES string of the molecule is C\C=C/C(=C\C)C(/CNC(C)=P)=C(/C)c1c(C)cc(C)cc1F. The summed E-state index contributed by atoms with van der Waals surface area (Å²) in [5.74, 6) is -0.160. The summed E-state index contributed by atoms with van der Waals surface area (Å²) in [5, 5.41) is 3.29. The van der Waals surface area contributed by atoms with Crippen LogP contribution in [0.3, 0.4) is 0 Å². The van der Waals surface area contributed by atoms with Gasteiger partial charge in [0, 0.05) is 17.5 Å². The molecule has 1 aromatic carbocycles. The molecule has 1 aromatic rings. The Morgan fingerprint density at radius 3 is 2.35 bits per heavy atom. The Hall–Kier alpha value is -1.50. The van der Waals surface area contributed by atoms with E-state index in [4.69, 9.17) is 0 Å². The van der Waals surface area contributed by atoms with Crippen molar-refractivity contribution in [1.82, 2.24) is 5.32 Å². The Morgan fingerprint density at radius 1 is 1.22 bits per heavy atom. The van der Waals surface area contributed by atoms with Crippen molar-refractivity contribution in [2.24, 2.45) is 0 Å². The normalized spacial score (nSPS) is 13.4. The average molecular weight is 331 g/mol. The molecule has 1 nitrogen and oxygen atoms in total. The lowest BCUT2D eigenvalue weighted by molar-refractivity contribution is 0.621. The zero-order chi connectivity index (χ0) is 17.6. The van der Waals surface area contributed by atoms with Crippen LogP contribution in [-0.2, 0) is 0 Å². The van der Waals surface area contributed by atoms with E-state index in [2.05, 4.69) is 26.3 Å². The van der Waals surface area contributed by atoms with Crippen LogP contribution in [0.5, 0.6) is 0 Å². The second-order valence-electron chi connectivity index (χ2n) is 5.76. The number of benzene rings is 1. The molecule has 1 rings (SSSR count). The smallest absolute Gasteiger partial charge is 0.131 e. The van der Waals surface area contributed by atoms with Crippen LogP contribution in [-0.4, -0.2) is 12.0 Å². The summed E-state index contributed by atoms with van der Waals surface area (Å²) in [4.78, 5) is 0. The Kier molecular flexibility index (Phi) is 7.61. The number of nitrogens with one attached hydrogen (secondary N) is 1. The molecule has 124 valence electrons. The Morgan fingerprint density at radius 2 is 1.87 bits per heavy atom. The third kappa shape index (κ3) is 5.27. The van der Waals surface area contributed by atoms with E-state index in [-0.39, 0.29) is 5.82 Å². The minimum absolute atomic E-state index is 0.160.